The molecule has 0 bridgehead atoms. The monoisotopic (exact) mass is 624 g/mol. The normalized spacial score (nSPS) is 12.0. The molecule has 16 heteroatoms. The smallest absolute Gasteiger partial charge is 0.450 e. The summed E-state index contributed by atoms with van der Waals surface area (Å²) in [6.07, 6.45) is -1.21. The Bertz CT molecular complexity index is 1080. The first kappa shape index (κ1) is 37.6. The van der Waals surface area contributed by atoms with Crippen molar-refractivity contribution in [2.75, 3.05) is 45.3 Å². The molecule has 0 saturated heterocycles. The van der Waals surface area contributed by atoms with E-state index in [4.69, 9.17) is 20.3 Å². The van der Waals surface area contributed by atoms with Gasteiger partial charge in [0.1, 0.15) is 18.7 Å². The van der Waals surface area contributed by atoms with Crippen molar-refractivity contribution in [3.63, 3.8) is 0 Å². The van der Waals surface area contributed by atoms with Gasteiger partial charge in [-0.25, -0.2) is 9.59 Å². The van der Waals surface area contributed by atoms with Crippen LogP contribution in [0, 0.1) is 5.92 Å². The molecule has 16 nitrogen and oxygen atoms in total. The highest BCUT2D eigenvalue weighted by Crippen LogP contribution is 2.13. The van der Waals surface area contributed by atoms with Crippen LogP contribution in [-0.4, -0.2) is 93.0 Å². The Morgan fingerprint density at radius 2 is 1.55 bits per heavy atom. The van der Waals surface area contributed by atoms with Gasteiger partial charge < -0.3 is 51.6 Å². The average Bonchev–Trinajstić information content (AvgIpc) is 2.97. The van der Waals surface area contributed by atoms with E-state index < -0.39 is 42.0 Å². The van der Waals surface area contributed by atoms with Gasteiger partial charge in [0, 0.05) is 38.7 Å². The highest BCUT2D eigenvalue weighted by atomic mass is 16.7. The topological polar surface area (TPSA) is 237 Å². The molecule has 2 atom stereocenters. The molecular weight excluding hydrogens is 580 g/mol. The lowest BCUT2D eigenvalue weighted by Gasteiger charge is -2.25. The molecule has 1 rings (SSSR count). The maximum Gasteiger partial charge on any atom is 0.506 e. The SMILES string of the molecule is COCCOCCNC(=O)CCC(=O)N[C@H](C(=O)N[C@@H](CCCNC(N)=O)C(=O)Nc1ccc(COC(=O)O)cc1)C(C)C. The summed E-state index contributed by atoms with van der Waals surface area (Å²) in [5.74, 6) is -2.36. The molecule has 0 aliphatic carbocycles. The number of nitrogens with one attached hydrogen (secondary N) is 5. The number of benzene rings is 1. The predicted octanol–water partition coefficient (Wildman–Crippen LogP) is 0.453. The number of carbonyl (C=O) groups is 6. The van der Waals surface area contributed by atoms with Crippen LogP contribution in [0.3, 0.4) is 0 Å². The summed E-state index contributed by atoms with van der Waals surface area (Å²) in [5, 5.41) is 21.7. The highest BCUT2D eigenvalue weighted by molar-refractivity contribution is 5.98. The molecule has 246 valence electrons. The van der Waals surface area contributed by atoms with E-state index in [9.17, 15) is 28.8 Å². The molecule has 0 radical (unpaired) electrons. The Hall–Kier alpha value is -4.44. The molecule has 6 amide bonds. The molecule has 0 aliphatic heterocycles. The molecule has 8 N–H and O–H groups in total. The maximum atomic E-state index is 13.2. The van der Waals surface area contributed by atoms with Crippen LogP contribution in [0.15, 0.2) is 24.3 Å². The fourth-order valence-corrected chi connectivity index (χ4v) is 3.71. The number of hydrogen-bond acceptors (Lipinski definition) is 9. The number of rotatable bonds is 21. The number of anilines is 1. The molecule has 44 heavy (non-hydrogen) atoms. The van der Waals surface area contributed by atoms with Crippen molar-refractivity contribution in [3.8, 4) is 0 Å². The molecule has 0 aromatic heterocycles. The van der Waals surface area contributed by atoms with Crippen LogP contribution in [0.2, 0.25) is 0 Å². The number of ether oxygens (including phenoxy) is 3. The van der Waals surface area contributed by atoms with Crippen molar-refractivity contribution in [1.82, 2.24) is 21.3 Å². The summed E-state index contributed by atoms with van der Waals surface area (Å²) >= 11 is 0. The zero-order valence-corrected chi connectivity index (χ0v) is 25.3. The average molecular weight is 625 g/mol. The Kier molecular flexibility index (Phi) is 18.2. The number of carbonyl (C=O) groups excluding carboxylic acids is 5. The standard InChI is InChI=1S/C28H44N6O10/c1-18(2)24(34-23(36)11-10-22(35)30-13-14-43-16-15-42-3)26(38)33-21(5-4-12-31-27(29)39)25(37)32-20-8-6-19(7-9-20)17-44-28(40)41/h6-9,18,21,24H,4-5,10-17H2,1-3H3,(H,30,35)(H,32,37)(H,33,38)(H,34,36)(H,40,41)(H3,29,31,39)/t21-,24-/m0/s1. The predicted molar refractivity (Wildman–Crippen MR) is 158 cm³/mol. The molecule has 1 aromatic rings. The van der Waals surface area contributed by atoms with E-state index in [1.165, 1.54) is 0 Å². The molecule has 0 saturated carbocycles. The van der Waals surface area contributed by atoms with Crippen molar-refractivity contribution in [3.05, 3.63) is 29.8 Å². The summed E-state index contributed by atoms with van der Waals surface area (Å²) in [4.78, 5) is 72.6. The fourth-order valence-electron chi connectivity index (χ4n) is 3.71. The number of nitrogens with two attached hydrogens (primary N) is 1. The summed E-state index contributed by atoms with van der Waals surface area (Å²) in [5.41, 5.74) is 6.04. The molecule has 1 aromatic carbocycles. The van der Waals surface area contributed by atoms with E-state index in [1.807, 2.05) is 0 Å². The van der Waals surface area contributed by atoms with Gasteiger partial charge in [0.15, 0.2) is 0 Å². The maximum absolute atomic E-state index is 13.2. The van der Waals surface area contributed by atoms with Crippen molar-refractivity contribution >= 4 is 41.5 Å². The fraction of sp³-hybridized carbons (Fsp3) is 0.571. The minimum Gasteiger partial charge on any atom is -0.450 e. The first-order chi connectivity index (χ1) is 20.9. The number of amides is 6. The van der Waals surface area contributed by atoms with Gasteiger partial charge in [-0.15, -0.1) is 0 Å². The molecule has 0 unspecified atom stereocenters. The van der Waals surface area contributed by atoms with Crippen LogP contribution in [-0.2, 0) is 40.0 Å². The van der Waals surface area contributed by atoms with Crippen molar-refractivity contribution in [2.24, 2.45) is 11.7 Å². The number of hydrogen-bond donors (Lipinski definition) is 7. The second-order valence-corrected chi connectivity index (χ2v) is 9.98. The molecule has 0 spiro atoms. The van der Waals surface area contributed by atoms with Gasteiger partial charge in [-0.1, -0.05) is 26.0 Å². The number of primary amides is 1. The van der Waals surface area contributed by atoms with Gasteiger partial charge in [-0.2, -0.15) is 0 Å². The number of carboxylic acid groups (broad SMARTS) is 1. The van der Waals surface area contributed by atoms with Gasteiger partial charge >= 0.3 is 12.2 Å². The third-order valence-electron chi connectivity index (χ3n) is 6.03. The second-order valence-electron chi connectivity index (χ2n) is 9.98. The Balaban J connectivity index is 2.76. The first-order valence-corrected chi connectivity index (χ1v) is 14.1. The van der Waals surface area contributed by atoms with Crippen LogP contribution in [0.25, 0.3) is 0 Å². The first-order valence-electron chi connectivity index (χ1n) is 14.1. The molecule has 0 heterocycles. The lowest BCUT2D eigenvalue weighted by molar-refractivity contribution is -0.132. The Labute approximate surface area is 256 Å². The lowest BCUT2D eigenvalue weighted by Crippen LogP contribution is -2.54. The van der Waals surface area contributed by atoms with Gasteiger partial charge in [-0.3, -0.25) is 19.2 Å². The molecule has 0 aliphatic rings. The van der Waals surface area contributed by atoms with E-state index in [2.05, 4.69) is 31.3 Å². The minimum absolute atomic E-state index is 0.0878. The van der Waals surface area contributed by atoms with Gasteiger partial charge in [-0.05, 0) is 36.5 Å². The summed E-state index contributed by atoms with van der Waals surface area (Å²) in [6, 6.07) is 3.49. The van der Waals surface area contributed by atoms with Gasteiger partial charge in [0.05, 0.1) is 19.8 Å². The van der Waals surface area contributed by atoms with Crippen LogP contribution in [0.4, 0.5) is 15.3 Å². The summed E-state index contributed by atoms with van der Waals surface area (Å²) in [6.45, 7) is 4.88. The number of urea groups is 1. The molecule has 0 fully saturated rings. The zero-order chi connectivity index (χ0) is 32.9. The lowest BCUT2D eigenvalue weighted by atomic mass is 10.0. The third-order valence-corrected chi connectivity index (χ3v) is 6.03. The van der Waals surface area contributed by atoms with Crippen molar-refractivity contribution in [1.29, 1.82) is 0 Å². The third kappa shape index (κ3) is 16.9. The van der Waals surface area contributed by atoms with Crippen LogP contribution >= 0.6 is 0 Å². The van der Waals surface area contributed by atoms with Gasteiger partial charge in [0.2, 0.25) is 23.6 Å². The van der Waals surface area contributed by atoms with E-state index >= 15 is 0 Å². The van der Waals surface area contributed by atoms with Crippen LogP contribution < -0.4 is 32.3 Å². The van der Waals surface area contributed by atoms with Crippen molar-refractivity contribution in [2.45, 2.75) is 58.2 Å². The largest absolute Gasteiger partial charge is 0.506 e. The molecular formula is C28H44N6O10. The zero-order valence-electron chi connectivity index (χ0n) is 25.3. The Morgan fingerprint density at radius 1 is 0.864 bits per heavy atom. The van der Waals surface area contributed by atoms with E-state index in [1.54, 1.807) is 45.2 Å². The van der Waals surface area contributed by atoms with Crippen LogP contribution in [0.5, 0.6) is 0 Å². The second kappa shape index (κ2) is 21.3. The Morgan fingerprint density at radius 3 is 2.16 bits per heavy atom. The van der Waals surface area contributed by atoms with E-state index in [-0.39, 0.29) is 50.8 Å². The van der Waals surface area contributed by atoms with E-state index in [0.717, 1.165) is 0 Å². The minimum atomic E-state index is -1.41. The summed E-state index contributed by atoms with van der Waals surface area (Å²) < 4.78 is 14.6. The quantitative estimate of drug-likeness (QED) is 0.0736. The van der Waals surface area contributed by atoms with E-state index in [0.29, 0.717) is 37.5 Å². The van der Waals surface area contributed by atoms with Crippen LogP contribution in [0.1, 0.15) is 45.1 Å². The van der Waals surface area contributed by atoms with Gasteiger partial charge in [0.25, 0.3) is 0 Å². The van der Waals surface area contributed by atoms with Crippen molar-refractivity contribution < 1.29 is 48.1 Å². The highest BCUT2D eigenvalue weighted by Gasteiger charge is 2.29. The summed E-state index contributed by atoms with van der Waals surface area (Å²) in [7, 11) is 1.55. The number of methoxy groups -OCH3 is 1.